The lowest BCUT2D eigenvalue weighted by Crippen LogP contribution is -2.36. The van der Waals surface area contributed by atoms with E-state index in [9.17, 15) is 9.59 Å². The number of hydrogen-bond donors (Lipinski definition) is 0. The fraction of sp³-hybridized carbons (Fsp3) is 0.240. The van der Waals surface area contributed by atoms with Crippen molar-refractivity contribution in [1.82, 2.24) is 19.5 Å². The molecule has 182 valence electrons. The highest BCUT2D eigenvalue weighted by atomic mass is 35.5. The minimum absolute atomic E-state index is 0.00399. The van der Waals surface area contributed by atoms with Gasteiger partial charge in [-0.1, -0.05) is 41.8 Å². The van der Waals surface area contributed by atoms with E-state index in [2.05, 4.69) is 21.8 Å². The van der Waals surface area contributed by atoms with Crippen LogP contribution in [0.15, 0.2) is 47.8 Å². The molecule has 1 saturated heterocycles. The van der Waals surface area contributed by atoms with Crippen molar-refractivity contribution >= 4 is 46.0 Å². The molecule has 0 radical (unpaired) electrons. The summed E-state index contributed by atoms with van der Waals surface area (Å²) in [6.45, 7) is 2.56. The number of imidazole rings is 1. The van der Waals surface area contributed by atoms with E-state index in [1.807, 2.05) is 47.8 Å². The van der Waals surface area contributed by atoms with Gasteiger partial charge < -0.3 is 14.2 Å². The topological polar surface area (TPSA) is 105 Å². The highest BCUT2D eigenvalue weighted by Crippen LogP contribution is 2.35. The summed E-state index contributed by atoms with van der Waals surface area (Å²) in [6.07, 6.45) is -2.71. The zero-order valence-corrected chi connectivity index (χ0v) is 20.7. The van der Waals surface area contributed by atoms with Crippen LogP contribution in [0.1, 0.15) is 31.5 Å². The van der Waals surface area contributed by atoms with Crippen molar-refractivity contribution in [3.8, 4) is 22.5 Å². The molecule has 4 heterocycles. The number of hydrogen-bond acceptors (Lipinski definition) is 9. The van der Waals surface area contributed by atoms with Crippen LogP contribution in [0.25, 0.3) is 21.9 Å². The average molecular weight is 523 g/mol. The number of ether oxygens (including phenoxy) is 3. The first-order valence-corrected chi connectivity index (χ1v) is 12.2. The summed E-state index contributed by atoms with van der Waals surface area (Å²) in [5.74, 6) is 5.74. The van der Waals surface area contributed by atoms with E-state index in [1.165, 1.54) is 25.2 Å². The summed E-state index contributed by atoms with van der Waals surface area (Å²) in [6, 6.07) is 13.1. The molecule has 1 fully saturated rings. The molecule has 0 bridgehead atoms. The van der Waals surface area contributed by atoms with Crippen molar-refractivity contribution < 1.29 is 23.8 Å². The summed E-state index contributed by atoms with van der Waals surface area (Å²) in [4.78, 5) is 38.2. The Labute approximate surface area is 215 Å². The van der Waals surface area contributed by atoms with Crippen LogP contribution in [-0.2, 0) is 23.8 Å². The van der Waals surface area contributed by atoms with E-state index >= 15 is 0 Å². The lowest BCUT2D eigenvalue weighted by molar-refractivity contribution is -0.164. The smallest absolute Gasteiger partial charge is 0.303 e. The first-order valence-electron chi connectivity index (χ1n) is 10.9. The van der Waals surface area contributed by atoms with Gasteiger partial charge in [0.15, 0.2) is 40.9 Å². The van der Waals surface area contributed by atoms with Gasteiger partial charge in [-0.15, -0.1) is 11.3 Å². The van der Waals surface area contributed by atoms with Crippen molar-refractivity contribution in [3.05, 3.63) is 64.4 Å². The van der Waals surface area contributed by atoms with Crippen LogP contribution in [0.4, 0.5) is 0 Å². The van der Waals surface area contributed by atoms with Crippen LogP contribution in [0.3, 0.4) is 0 Å². The number of benzene rings is 1. The molecule has 0 saturated carbocycles. The quantitative estimate of drug-likeness (QED) is 0.225. The monoisotopic (exact) mass is 522 g/mol. The van der Waals surface area contributed by atoms with Gasteiger partial charge in [0.2, 0.25) is 0 Å². The number of esters is 2. The van der Waals surface area contributed by atoms with E-state index in [1.54, 1.807) is 4.57 Å². The summed E-state index contributed by atoms with van der Waals surface area (Å²) >= 11 is 8.00. The Morgan fingerprint density at radius 1 is 1.06 bits per heavy atom. The van der Waals surface area contributed by atoms with Crippen LogP contribution < -0.4 is 0 Å². The fourth-order valence-electron chi connectivity index (χ4n) is 3.86. The number of thiophene rings is 1. The van der Waals surface area contributed by atoms with Gasteiger partial charge in [0.1, 0.15) is 5.52 Å². The number of halogens is 1. The highest BCUT2D eigenvalue weighted by Gasteiger charge is 2.45. The SMILES string of the molecule is CC(=O)O[C@H]1[C@H](n2c(C#Cc3ccccc3)nc3c(Cl)nc(-c4cccs4)nc32)OC[C@H]1OC(C)=O. The fourth-order valence-corrected chi connectivity index (χ4v) is 4.73. The zero-order valence-electron chi connectivity index (χ0n) is 19.2. The summed E-state index contributed by atoms with van der Waals surface area (Å²) < 4.78 is 18.5. The molecule has 5 rings (SSSR count). The number of fused-ring (bicyclic) bond motifs is 1. The molecule has 4 aromatic rings. The molecule has 0 amide bonds. The number of rotatable bonds is 4. The van der Waals surface area contributed by atoms with Crippen molar-refractivity contribution in [1.29, 1.82) is 0 Å². The molecule has 1 aromatic carbocycles. The van der Waals surface area contributed by atoms with Crippen LogP contribution in [-0.4, -0.2) is 50.3 Å². The maximum atomic E-state index is 12.0. The van der Waals surface area contributed by atoms with Crippen LogP contribution in [0.5, 0.6) is 0 Å². The van der Waals surface area contributed by atoms with Crippen molar-refractivity contribution in [2.75, 3.05) is 6.61 Å². The minimum Gasteiger partial charge on any atom is -0.456 e. The second-order valence-electron chi connectivity index (χ2n) is 7.85. The Kier molecular flexibility index (Phi) is 6.69. The Bertz CT molecular complexity index is 1490. The van der Waals surface area contributed by atoms with Gasteiger partial charge in [0.05, 0.1) is 11.5 Å². The number of aromatic nitrogens is 4. The van der Waals surface area contributed by atoms with E-state index in [0.29, 0.717) is 17.0 Å². The van der Waals surface area contributed by atoms with Gasteiger partial charge in [-0.2, -0.15) is 0 Å². The van der Waals surface area contributed by atoms with E-state index < -0.39 is 30.4 Å². The van der Waals surface area contributed by atoms with Crippen molar-refractivity contribution in [3.63, 3.8) is 0 Å². The minimum atomic E-state index is -0.958. The lowest BCUT2D eigenvalue weighted by atomic mass is 10.2. The zero-order chi connectivity index (χ0) is 25.2. The molecule has 9 nitrogen and oxygen atoms in total. The van der Waals surface area contributed by atoms with Gasteiger partial charge in [-0.3, -0.25) is 14.2 Å². The maximum absolute atomic E-state index is 12.0. The maximum Gasteiger partial charge on any atom is 0.303 e. The van der Waals surface area contributed by atoms with Crippen LogP contribution >= 0.6 is 22.9 Å². The third-order valence-corrected chi connectivity index (χ3v) is 6.41. The Hall–Kier alpha value is -3.78. The predicted octanol–water partition coefficient (Wildman–Crippen LogP) is 4.00. The standard InChI is InChI=1S/C25H19ClN4O5S/c1-14(31)34-17-13-33-25(21(17)35-15(2)32)30-19(11-10-16-7-4-3-5-8-16)27-20-22(26)28-23(29-24(20)30)18-9-6-12-36-18/h3-9,12,17,21,25H,13H2,1-2H3/t17-,21-,25-/m1/s1. The molecule has 1 aliphatic heterocycles. The molecule has 3 atom stereocenters. The molecular formula is C25H19ClN4O5S. The second-order valence-corrected chi connectivity index (χ2v) is 9.16. The van der Waals surface area contributed by atoms with Crippen LogP contribution in [0.2, 0.25) is 5.15 Å². The van der Waals surface area contributed by atoms with Gasteiger partial charge in [-0.25, -0.2) is 15.0 Å². The molecule has 0 unspecified atom stereocenters. The largest absolute Gasteiger partial charge is 0.456 e. The Morgan fingerprint density at radius 2 is 1.83 bits per heavy atom. The summed E-state index contributed by atoms with van der Waals surface area (Å²) in [7, 11) is 0. The molecule has 0 spiro atoms. The van der Waals surface area contributed by atoms with E-state index in [-0.39, 0.29) is 17.6 Å². The third-order valence-electron chi connectivity index (χ3n) is 5.28. The number of nitrogens with zero attached hydrogens (tertiary/aromatic N) is 4. The molecule has 3 aromatic heterocycles. The van der Waals surface area contributed by atoms with Crippen LogP contribution in [0, 0.1) is 11.8 Å². The normalized spacial score (nSPS) is 19.0. The second kappa shape index (κ2) is 10.1. The highest BCUT2D eigenvalue weighted by molar-refractivity contribution is 7.13. The van der Waals surface area contributed by atoms with Crippen molar-refractivity contribution in [2.45, 2.75) is 32.3 Å². The molecule has 11 heteroatoms. The summed E-state index contributed by atoms with van der Waals surface area (Å²) in [5.41, 5.74) is 1.44. The van der Waals surface area contributed by atoms with Gasteiger partial charge in [-0.05, 0) is 29.5 Å². The first-order chi connectivity index (χ1) is 17.4. The van der Waals surface area contributed by atoms with Gasteiger partial charge >= 0.3 is 11.9 Å². The number of carbonyl (C=O) groups is 2. The molecular weight excluding hydrogens is 504 g/mol. The molecule has 36 heavy (non-hydrogen) atoms. The van der Waals surface area contributed by atoms with E-state index in [4.69, 9.17) is 30.8 Å². The van der Waals surface area contributed by atoms with Gasteiger partial charge in [0, 0.05) is 19.4 Å². The molecule has 1 aliphatic rings. The molecule has 0 N–H and O–H groups in total. The number of carbonyl (C=O) groups excluding carboxylic acids is 2. The first kappa shape index (κ1) is 23.9. The third kappa shape index (κ3) is 4.81. The average Bonchev–Trinajstić information content (AvgIpc) is 3.58. The van der Waals surface area contributed by atoms with E-state index in [0.717, 1.165) is 10.4 Å². The van der Waals surface area contributed by atoms with Crippen molar-refractivity contribution in [2.24, 2.45) is 0 Å². The lowest BCUT2D eigenvalue weighted by Gasteiger charge is -2.23. The Morgan fingerprint density at radius 3 is 2.53 bits per heavy atom. The predicted molar refractivity (Wildman–Crippen MR) is 132 cm³/mol. The van der Waals surface area contributed by atoms with Gasteiger partial charge in [0.25, 0.3) is 0 Å². The Balaban J connectivity index is 1.69. The summed E-state index contributed by atoms with van der Waals surface area (Å²) in [5, 5.41) is 2.05. The molecule has 0 aliphatic carbocycles.